The molecule has 30 heavy (non-hydrogen) atoms. The van der Waals surface area contributed by atoms with E-state index in [-0.39, 0.29) is 65.2 Å². The minimum absolute atomic E-state index is 0. The smallest absolute Gasteiger partial charge is 0.550 e. The third kappa shape index (κ3) is 93.1. The predicted molar refractivity (Wildman–Crippen MR) is 96.8 cm³/mol. The Hall–Kier alpha value is -1.01. The molecule has 0 saturated carbocycles. The first-order valence-electron chi connectivity index (χ1n) is 7.88. The first-order chi connectivity index (χ1) is 12.7. The van der Waals surface area contributed by atoms with E-state index in [2.05, 4.69) is 36.5 Å². The molecule has 0 spiro atoms. The van der Waals surface area contributed by atoms with Gasteiger partial charge in [0.1, 0.15) is 0 Å². The van der Waals surface area contributed by atoms with Crippen molar-refractivity contribution in [3.05, 3.63) is 72.9 Å². The largest absolute Gasteiger partial charge is 2.00 e. The zero-order valence-electron chi connectivity index (χ0n) is 17.3. The summed E-state index contributed by atoms with van der Waals surface area (Å²) in [6, 6.07) is 0. The van der Waals surface area contributed by atoms with Crippen LogP contribution < -0.4 is 15.3 Å². The van der Waals surface area contributed by atoms with Crippen LogP contribution in [0.2, 0.25) is 0 Å². The summed E-state index contributed by atoms with van der Waals surface area (Å²) in [5.74, 6) is -3.25. The number of rotatable bonds is 0. The SMILES string of the molecule is CC(=O)[O-].CC(=O)[O-].CC(=O)[O-].[C-]1=CC=CC1.[C-]1=CC=CC1.[C-]1=CC=CC1.[Ti+2].[Ti+2].[Ti+2]. The molecule has 0 amide bonds. The van der Waals surface area contributed by atoms with Crippen LogP contribution in [-0.4, -0.2) is 17.9 Å². The Balaban J connectivity index is -0.0000000568. The van der Waals surface area contributed by atoms with Crippen LogP contribution in [0.1, 0.15) is 40.0 Å². The van der Waals surface area contributed by atoms with Crippen LogP contribution in [-0.2, 0) is 79.5 Å². The topological polar surface area (TPSA) is 120 Å². The van der Waals surface area contributed by atoms with Gasteiger partial charge in [-0.25, -0.2) is 36.5 Å². The van der Waals surface area contributed by atoms with E-state index in [4.69, 9.17) is 29.7 Å². The summed E-state index contributed by atoms with van der Waals surface area (Å²) in [5, 5.41) is 26.7. The molecule has 156 valence electrons. The molecule has 3 aliphatic rings. The first kappa shape index (κ1) is 43.0. The molecule has 3 aliphatic carbocycles. The van der Waals surface area contributed by atoms with Gasteiger partial charge >= 0.3 is 65.2 Å². The molecule has 0 aromatic rings. The Morgan fingerprint density at radius 1 is 0.567 bits per heavy atom. The number of carbonyl (C=O) groups excluding carboxylic acids is 3. The van der Waals surface area contributed by atoms with Crippen molar-refractivity contribution in [2.75, 3.05) is 0 Å². The Bertz CT molecular complexity index is 454. The molecule has 0 unspecified atom stereocenters. The maximum atomic E-state index is 8.89. The molecular formula is C21H24O6Ti3. The zero-order chi connectivity index (χ0) is 21.3. The van der Waals surface area contributed by atoms with Crippen molar-refractivity contribution in [2.24, 2.45) is 0 Å². The normalized spacial score (nSPS) is 11.3. The fourth-order valence-electron chi connectivity index (χ4n) is 1.02. The van der Waals surface area contributed by atoms with Crippen molar-refractivity contribution in [3.8, 4) is 0 Å². The minimum Gasteiger partial charge on any atom is -0.550 e. The van der Waals surface area contributed by atoms with Gasteiger partial charge in [-0.2, -0.15) is 18.2 Å². The van der Waals surface area contributed by atoms with Gasteiger partial charge in [0.05, 0.1) is 0 Å². The summed E-state index contributed by atoms with van der Waals surface area (Å²) in [6.07, 6.45) is 30.0. The molecule has 0 atom stereocenters. The van der Waals surface area contributed by atoms with E-state index in [1.54, 1.807) is 0 Å². The summed E-state index contributed by atoms with van der Waals surface area (Å²) in [5.41, 5.74) is 0. The monoisotopic (exact) mass is 516 g/mol. The van der Waals surface area contributed by atoms with E-state index in [9.17, 15) is 0 Å². The van der Waals surface area contributed by atoms with E-state index in [1.165, 1.54) is 0 Å². The van der Waals surface area contributed by atoms with Gasteiger partial charge in [-0.05, 0) is 20.8 Å². The van der Waals surface area contributed by atoms with Crippen molar-refractivity contribution in [1.29, 1.82) is 0 Å². The third-order valence-corrected chi connectivity index (χ3v) is 1.76. The summed E-state index contributed by atoms with van der Waals surface area (Å²) in [6.45, 7) is 2.92. The van der Waals surface area contributed by atoms with Gasteiger partial charge in [0.15, 0.2) is 0 Å². The van der Waals surface area contributed by atoms with E-state index in [1.807, 2.05) is 36.5 Å². The molecule has 0 N–H and O–H groups in total. The Morgan fingerprint density at radius 2 is 0.733 bits per heavy atom. The van der Waals surface area contributed by atoms with Crippen molar-refractivity contribution in [3.63, 3.8) is 0 Å². The summed E-state index contributed by atoms with van der Waals surface area (Å²) >= 11 is 0. The van der Waals surface area contributed by atoms with Crippen LogP contribution in [0, 0.1) is 18.2 Å². The fraction of sp³-hybridized carbons (Fsp3) is 0.286. The molecule has 0 aromatic carbocycles. The van der Waals surface area contributed by atoms with Crippen molar-refractivity contribution < 1.29 is 94.9 Å². The molecule has 3 rings (SSSR count). The van der Waals surface area contributed by atoms with E-state index in [0.717, 1.165) is 40.0 Å². The molecular weight excluding hydrogens is 492 g/mol. The number of hydrogen-bond donors (Lipinski definition) is 0. The predicted octanol–water partition coefficient (Wildman–Crippen LogP) is 0.178. The van der Waals surface area contributed by atoms with Crippen molar-refractivity contribution in [1.82, 2.24) is 0 Å². The average Bonchev–Trinajstić information content (AvgIpc) is 3.31. The molecule has 0 saturated heterocycles. The maximum absolute atomic E-state index is 8.89. The molecule has 0 bridgehead atoms. The number of carbonyl (C=O) groups is 3. The summed E-state index contributed by atoms with van der Waals surface area (Å²) in [4.78, 5) is 26.7. The van der Waals surface area contributed by atoms with Crippen molar-refractivity contribution in [2.45, 2.75) is 40.0 Å². The van der Waals surface area contributed by atoms with Crippen LogP contribution in [0.3, 0.4) is 0 Å². The third-order valence-electron chi connectivity index (χ3n) is 1.76. The van der Waals surface area contributed by atoms with Crippen LogP contribution in [0.4, 0.5) is 0 Å². The second-order valence-electron chi connectivity index (χ2n) is 4.48. The Kier molecular flexibility index (Phi) is 55.3. The molecule has 0 aliphatic heterocycles. The van der Waals surface area contributed by atoms with Crippen LogP contribution in [0.25, 0.3) is 0 Å². The molecule has 9 heteroatoms. The van der Waals surface area contributed by atoms with Crippen molar-refractivity contribution >= 4 is 17.9 Å². The summed E-state index contributed by atoms with van der Waals surface area (Å²) in [7, 11) is 0. The van der Waals surface area contributed by atoms with Gasteiger partial charge in [-0.1, -0.05) is 0 Å². The average molecular weight is 516 g/mol. The fourth-order valence-corrected chi connectivity index (χ4v) is 1.02. The van der Waals surface area contributed by atoms with E-state index >= 15 is 0 Å². The minimum atomic E-state index is -1.08. The van der Waals surface area contributed by atoms with Crippen LogP contribution in [0.5, 0.6) is 0 Å². The Morgan fingerprint density at radius 3 is 0.767 bits per heavy atom. The number of carboxylic acids is 3. The van der Waals surface area contributed by atoms with Crippen LogP contribution in [0.15, 0.2) is 54.7 Å². The number of hydrogen-bond acceptors (Lipinski definition) is 6. The second kappa shape index (κ2) is 38.6. The molecule has 0 fully saturated rings. The maximum Gasteiger partial charge on any atom is 2.00 e. The molecule has 0 radical (unpaired) electrons. The van der Waals surface area contributed by atoms with Gasteiger partial charge < -0.3 is 29.7 Å². The molecule has 6 nitrogen and oxygen atoms in total. The molecule has 0 aromatic heterocycles. The standard InChI is InChI=1S/3C5H5.3C2H4O2.3Ti/c3*1-2-4-5-3-1;3*1-2(3)4;;;/h3*1-3H,4H2;3*1H3,(H,3,4);;;/q3*-1;;;;3*+2/p-3. The molecule has 0 heterocycles. The Labute approximate surface area is 224 Å². The number of allylic oxidation sites excluding steroid dienone is 12. The zero-order valence-corrected chi connectivity index (χ0v) is 22.0. The van der Waals surface area contributed by atoms with Gasteiger partial charge in [-0.15, -0.1) is 19.3 Å². The number of carboxylic acid groups (broad SMARTS) is 3. The van der Waals surface area contributed by atoms with E-state index < -0.39 is 17.9 Å². The van der Waals surface area contributed by atoms with Gasteiger partial charge in [0, 0.05) is 17.9 Å². The first-order valence-corrected chi connectivity index (χ1v) is 7.88. The number of aliphatic carboxylic acids is 3. The summed E-state index contributed by atoms with van der Waals surface area (Å²) < 4.78 is 0. The van der Waals surface area contributed by atoms with E-state index in [0.29, 0.717) is 0 Å². The quantitative estimate of drug-likeness (QED) is 0.335. The van der Waals surface area contributed by atoms with Gasteiger partial charge in [0.25, 0.3) is 0 Å². The van der Waals surface area contributed by atoms with Gasteiger partial charge in [0.2, 0.25) is 0 Å². The second-order valence-corrected chi connectivity index (χ2v) is 4.48. The van der Waals surface area contributed by atoms with Crippen LogP contribution >= 0.6 is 0 Å². The van der Waals surface area contributed by atoms with Gasteiger partial charge in [-0.3, -0.25) is 18.2 Å².